The third kappa shape index (κ3) is 2.14. The summed E-state index contributed by atoms with van der Waals surface area (Å²) < 4.78 is 54.7. The molecule has 1 aliphatic heterocycles. The van der Waals surface area contributed by atoms with Crippen LogP contribution in [0.5, 0.6) is 0 Å². The number of hydrogen-bond donors (Lipinski definition) is 0. The maximum atomic E-state index is 14.0. The average Bonchev–Trinajstić information content (AvgIpc) is 2.47. The van der Waals surface area contributed by atoms with Crippen molar-refractivity contribution in [3.05, 3.63) is 53.4 Å². The topological polar surface area (TPSA) is 16.1 Å². The predicted molar refractivity (Wildman–Crippen MR) is 70.4 cm³/mol. The molecule has 1 unspecified atom stereocenters. The maximum absolute atomic E-state index is 14.0. The second-order valence-electron chi connectivity index (χ2n) is 5.06. The van der Waals surface area contributed by atoms with Crippen molar-refractivity contribution >= 4 is 11.4 Å². The van der Waals surface area contributed by atoms with E-state index in [0.717, 1.165) is 12.0 Å². The van der Waals surface area contributed by atoms with Crippen molar-refractivity contribution < 1.29 is 17.6 Å². The van der Waals surface area contributed by atoms with Crippen LogP contribution in [0.2, 0.25) is 0 Å². The van der Waals surface area contributed by atoms with Gasteiger partial charge in [0, 0.05) is 11.7 Å². The predicted octanol–water partition coefficient (Wildman–Crippen LogP) is 4.11. The number of halogens is 4. The van der Waals surface area contributed by atoms with Crippen molar-refractivity contribution in [2.75, 3.05) is 4.90 Å². The summed E-state index contributed by atoms with van der Waals surface area (Å²) in [6.45, 7) is 1.76. The number of benzene rings is 1. The standard InChI is InChI=1S/C15H12F4N2/c1-8-6-7-9-4-2-3-5-10(9)21(8)13-11(16)14(18)20-15(19)12(13)17/h2-5,8H,6-7H2,1H3. The monoisotopic (exact) mass is 296 g/mol. The molecule has 6 heteroatoms. The Labute approximate surface area is 119 Å². The molecule has 3 rings (SSSR count). The van der Waals surface area contributed by atoms with Gasteiger partial charge in [0.2, 0.25) is 11.6 Å². The number of nitrogens with zero attached hydrogens (tertiary/aromatic N) is 2. The highest BCUT2D eigenvalue weighted by Crippen LogP contribution is 2.39. The largest absolute Gasteiger partial charge is 0.333 e. The van der Waals surface area contributed by atoms with E-state index in [0.29, 0.717) is 12.1 Å². The van der Waals surface area contributed by atoms with Gasteiger partial charge >= 0.3 is 0 Å². The second-order valence-corrected chi connectivity index (χ2v) is 5.06. The van der Waals surface area contributed by atoms with E-state index >= 15 is 0 Å². The van der Waals surface area contributed by atoms with Crippen LogP contribution in [0.3, 0.4) is 0 Å². The Hall–Kier alpha value is -2.11. The molecule has 1 aromatic carbocycles. The summed E-state index contributed by atoms with van der Waals surface area (Å²) in [6, 6.07) is 6.75. The van der Waals surface area contributed by atoms with Gasteiger partial charge in [0.15, 0.2) is 0 Å². The van der Waals surface area contributed by atoms with Crippen LogP contribution in [0.25, 0.3) is 0 Å². The third-order valence-electron chi connectivity index (χ3n) is 3.74. The summed E-state index contributed by atoms with van der Waals surface area (Å²) in [4.78, 5) is 3.90. The average molecular weight is 296 g/mol. The quantitative estimate of drug-likeness (QED) is 0.581. The van der Waals surface area contributed by atoms with Gasteiger partial charge in [-0.3, -0.25) is 0 Å². The van der Waals surface area contributed by atoms with Crippen molar-refractivity contribution in [3.63, 3.8) is 0 Å². The molecule has 0 amide bonds. The zero-order valence-corrected chi connectivity index (χ0v) is 11.2. The molecular weight excluding hydrogens is 284 g/mol. The lowest BCUT2D eigenvalue weighted by atomic mass is 9.96. The number of aryl methyl sites for hydroxylation is 1. The Bertz CT molecular complexity index is 676. The van der Waals surface area contributed by atoms with Gasteiger partial charge in [-0.2, -0.15) is 22.5 Å². The molecule has 1 atom stereocenters. The maximum Gasteiger partial charge on any atom is 0.253 e. The van der Waals surface area contributed by atoms with Crippen molar-refractivity contribution in [2.45, 2.75) is 25.8 Å². The molecule has 110 valence electrons. The lowest BCUT2D eigenvalue weighted by Crippen LogP contribution is -2.35. The van der Waals surface area contributed by atoms with Gasteiger partial charge in [0.25, 0.3) is 11.9 Å². The van der Waals surface area contributed by atoms with E-state index in [1.807, 2.05) is 12.1 Å². The lowest BCUT2D eigenvalue weighted by Gasteiger charge is -2.37. The first kappa shape index (κ1) is 13.9. The highest BCUT2D eigenvalue weighted by Gasteiger charge is 2.32. The Morgan fingerprint density at radius 3 is 2.33 bits per heavy atom. The van der Waals surface area contributed by atoms with Crippen molar-refractivity contribution in [1.82, 2.24) is 4.98 Å². The molecule has 0 aliphatic carbocycles. The summed E-state index contributed by atoms with van der Waals surface area (Å²) in [5.74, 6) is -6.23. The number of hydrogen-bond acceptors (Lipinski definition) is 2. The van der Waals surface area contributed by atoms with Gasteiger partial charge in [0.05, 0.1) is 0 Å². The normalized spacial score (nSPS) is 17.8. The van der Waals surface area contributed by atoms with Gasteiger partial charge in [-0.15, -0.1) is 0 Å². The van der Waals surface area contributed by atoms with Gasteiger partial charge in [0.1, 0.15) is 5.69 Å². The summed E-state index contributed by atoms with van der Waals surface area (Å²) in [5.41, 5.74) is 0.714. The Morgan fingerprint density at radius 1 is 1.05 bits per heavy atom. The highest BCUT2D eigenvalue weighted by atomic mass is 19.2. The number of fused-ring (bicyclic) bond motifs is 1. The first-order chi connectivity index (χ1) is 10.0. The van der Waals surface area contributed by atoms with Crippen LogP contribution in [0.15, 0.2) is 24.3 Å². The molecule has 0 spiro atoms. The van der Waals surface area contributed by atoms with Crippen molar-refractivity contribution in [1.29, 1.82) is 0 Å². The Morgan fingerprint density at radius 2 is 1.67 bits per heavy atom. The molecular formula is C15H12F4N2. The summed E-state index contributed by atoms with van der Waals surface area (Å²) in [5, 5.41) is 0. The molecule has 1 aliphatic rings. The molecule has 1 aromatic heterocycles. The summed E-state index contributed by atoms with van der Waals surface area (Å²) >= 11 is 0. The van der Waals surface area contributed by atoms with Crippen LogP contribution < -0.4 is 4.90 Å². The summed E-state index contributed by atoms with van der Waals surface area (Å²) in [7, 11) is 0. The first-order valence-corrected chi connectivity index (χ1v) is 6.58. The summed E-state index contributed by atoms with van der Waals surface area (Å²) in [6.07, 6.45) is 1.37. The van der Waals surface area contributed by atoms with Crippen molar-refractivity contribution in [2.24, 2.45) is 0 Å². The molecule has 0 saturated carbocycles. The SMILES string of the molecule is CC1CCc2ccccc2N1c1c(F)c(F)nc(F)c1F. The minimum Gasteiger partial charge on any atom is -0.333 e. The number of rotatable bonds is 1. The molecule has 0 bridgehead atoms. The Balaban J connectivity index is 2.25. The van der Waals surface area contributed by atoms with Gasteiger partial charge in [-0.1, -0.05) is 18.2 Å². The number of aromatic nitrogens is 1. The zero-order chi connectivity index (χ0) is 15.1. The Kier molecular flexibility index (Phi) is 3.31. The fraction of sp³-hybridized carbons (Fsp3) is 0.267. The van der Waals surface area contributed by atoms with Crippen molar-refractivity contribution in [3.8, 4) is 0 Å². The van der Waals surface area contributed by atoms with Gasteiger partial charge < -0.3 is 4.90 Å². The molecule has 21 heavy (non-hydrogen) atoms. The zero-order valence-electron chi connectivity index (χ0n) is 11.2. The fourth-order valence-electron chi connectivity index (χ4n) is 2.72. The smallest absolute Gasteiger partial charge is 0.253 e. The number of pyridine rings is 1. The molecule has 2 aromatic rings. The molecule has 2 heterocycles. The van der Waals surface area contributed by atoms with E-state index in [4.69, 9.17) is 0 Å². The van der Waals surface area contributed by atoms with Gasteiger partial charge in [-0.25, -0.2) is 0 Å². The van der Waals surface area contributed by atoms with E-state index < -0.39 is 29.2 Å². The molecule has 0 saturated heterocycles. The minimum absolute atomic E-state index is 0.287. The molecule has 0 fully saturated rings. The molecule has 0 radical (unpaired) electrons. The van der Waals surface area contributed by atoms with Gasteiger partial charge in [-0.05, 0) is 31.4 Å². The van der Waals surface area contributed by atoms with Crippen LogP contribution >= 0.6 is 0 Å². The van der Waals surface area contributed by atoms with E-state index in [1.54, 1.807) is 19.1 Å². The van der Waals surface area contributed by atoms with Crippen LogP contribution in [0, 0.1) is 23.5 Å². The highest BCUT2D eigenvalue weighted by molar-refractivity contribution is 5.69. The molecule has 2 nitrogen and oxygen atoms in total. The lowest BCUT2D eigenvalue weighted by molar-refractivity contribution is 0.404. The van der Waals surface area contributed by atoms with E-state index in [-0.39, 0.29) is 6.04 Å². The van der Waals surface area contributed by atoms with E-state index in [9.17, 15) is 17.6 Å². The first-order valence-electron chi connectivity index (χ1n) is 6.58. The third-order valence-corrected chi connectivity index (χ3v) is 3.74. The van der Waals surface area contributed by atoms with E-state index in [1.165, 1.54) is 4.90 Å². The van der Waals surface area contributed by atoms with Crippen LogP contribution in [-0.2, 0) is 6.42 Å². The van der Waals surface area contributed by atoms with Crippen LogP contribution in [-0.4, -0.2) is 11.0 Å². The number of para-hydroxylation sites is 1. The van der Waals surface area contributed by atoms with E-state index in [2.05, 4.69) is 4.98 Å². The molecule has 0 N–H and O–H groups in total. The second kappa shape index (κ2) is 5.02. The van der Waals surface area contributed by atoms with Crippen LogP contribution in [0.1, 0.15) is 18.9 Å². The fourth-order valence-corrected chi connectivity index (χ4v) is 2.72. The minimum atomic E-state index is -1.64. The number of anilines is 2. The van der Waals surface area contributed by atoms with Crippen LogP contribution in [0.4, 0.5) is 28.9 Å².